The van der Waals surface area contributed by atoms with Crippen LogP contribution in [0.25, 0.3) is 0 Å². The third-order valence-electron chi connectivity index (χ3n) is 2.93. The van der Waals surface area contributed by atoms with Gasteiger partial charge in [0.15, 0.2) is 5.76 Å². The van der Waals surface area contributed by atoms with Gasteiger partial charge in [0.2, 0.25) is 0 Å². The van der Waals surface area contributed by atoms with Crippen LogP contribution in [0.1, 0.15) is 34.8 Å². The van der Waals surface area contributed by atoms with Gasteiger partial charge in [-0.2, -0.15) is 0 Å². The van der Waals surface area contributed by atoms with Crippen LogP contribution >= 0.6 is 0 Å². The van der Waals surface area contributed by atoms with E-state index in [0.29, 0.717) is 18.7 Å². The van der Waals surface area contributed by atoms with Crippen LogP contribution in [-0.4, -0.2) is 31.0 Å². The topological polar surface area (TPSA) is 80.6 Å². The molecule has 1 heterocycles. The molecular formula is C17H20N2O4. The van der Waals surface area contributed by atoms with E-state index in [-0.39, 0.29) is 23.7 Å². The third kappa shape index (κ3) is 5.18. The number of carbonyl (C=O) groups excluding carboxylic acids is 2. The summed E-state index contributed by atoms with van der Waals surface area (Å²) in [5.41, 5.74) is 0.540. The Morgan fingerprint density at radius 3 is 2.26 bits per heavy atom. The predicted molar refractivity (Wildman–Crippen MR) is 85.6 cm³/mol. The summed E-state index contributed by atoms with van der Waals surface area (Å²) in [5, 5.41) is 5.39. The molecule has 0 radical (unpaired) electrons. The zero-order chi connectivity index (χ0) is 16.7. The zero-order valence-electron chi connectivity index (χ0n) is 13.2. The van der Waals surface area contributed by atoms with Crippen LogP contribution in [0.4, 0.5) is 0 Å². The fourth-order valence-electron chi connectivity index (χ4n) is 1.91. The number of hydrogen-bond acceptors (Lipinski definition) is 4. The SMILES string of the molecule is CC(C)Oc1ccc(C(=O)NCCNC(=O)c2ccco2)cc1. The molecule has 0 aliphatic rings. The first kappa shape index (κ1) is 16.6. The number of nitrogens with one attached hydrogen (secondary N) is 2. The minimum atomic E-state index is -0.306. The van der Waals surface area contributed by atoms with Gasteiger partial charge >= 0.3 is 0 Å². The molecule has 0 spiro atoms. The molecule has 6 nitrogen and oxygen atoms in total. The number of furan rings is 1. The minimum Gasteiger partial charge on any atom is -0.491 e. The van der Waals surface area contributed by atoms with Crippen molar-refractivity contribution in [3.05, 3.63) is 54.0 Å². The Hall–Kier alpha value is -2.76. The lowest BCUT2D eigenvalue weighted by Gasteiger charge is -2.10. The van der Waals surface area contributed by atoms with E-state index in [0.717, 1.165) is 5.75 Å². The molecule has 0 aliphatic heterocycles. The maximum Gasteiger partial charge on any atom is 0.287 e. The van der Waals surface area contributed by atoms with Crippen LogP contribution in [0.5, 0.6) is 5.75 Å². The monoisotopic (exact) mass is 316 g/mol. The van der Waals surface area contributed by atoms with Crippen molar-refractivity contribution in [2.24, 2.45) is 0 Å². The van der Waals surface area contributed by atoms with Gasteiger partial charge in [-0.3, -0.25) is 9.59 Å². The highest BCUT2D eigenvalue weighted by molar-refractivity contribution is 5.94. The van der Waals surface area contributed by atoms with Crippen LogP contribution in [0.2, 0.25) is 0 Å². The van der Waals surface area contributed by atoms with Gasteiger partial charge in [-0.1, -0.05) is 0 Å². The van der Waals surface area contributed by atoms with E-state index in [4.69, 9.17) is 9.15 Å². The summed E-state index contributed by atoms with van der Waals surface area (Å²) in [6.07, 6.45) is 1.52. The van der Waals surface area contributed by atoms with Crippen LogP contribution in [0.3, 0.4) is 0 Å². The number of rotatable bonds is 7. The Labute approximate surface area is 134 Å². The number of amides is 2. The number of hydrogen-bond donors (Lipinski definition) is 2. The second-order valence-electron chi connectivity index (χ2n) is 5.18. The van der Waals surface area contributed by atoms with Gasteiger partial charge in [-0.05, 0) is 50.2 Å². The maximum absolute atomic E-state index is 12.0. The Kier molecular flexibility index (Phi) is 5.80. The molecule has 6 heteroatoms. The number of ether oxygens (including phenoxy) is 1. The van der Waals surface area contributed by atoms with Crippen molar-refractivity contribution in [3.8, 4) is 5.75 Å². The summed E-state index contributed by atoms with van der Waals surface area (Å²) in [6, 6.07) is 10.1. The average molecular weight is 316 g/mol. The summed E-state index contributed by atoms with van der Waals surface area (Å²) in [4.78, 5) is 23.6. The Morgan fingerprint density at radius 1 is 1.04 bits per heavy atom. The quantitative estimate of drug-likeness (QED) is 0.768. The van der Waals surface area contributed by atoms with Crippen molar-refractivity contribution in [1.82, 2.24) is 10.6 Å². The van der Waals surface area contributed by atoms with E-state index in [1.807, 2.05) is 13.8 Å². The first-order chi connectivity index (χ1) is 11.1. The fraction of sp³-hybridized carbons (Fsp3) is 0.294. The summed E-state index contributed by atoms with van der Waals surface area (Å²) in [6.45, 7) is 4.53. The molecule has 2 amide bonds. The van der Waals surface area contributed by atoms with E-state index in [1.54, 1.807) is 36.4 Å². The molecule has 23 heavy (non-hydrogen) atoms. The van der Waals surface area contributed by atoms with E-state index in [1.165, 1.54) is 6.26 Å². The van der Waals surface area contributed by atoms with Gasteiger partial charge in [-0.25, -0.2) is 0 Å². The van der Waals surface area contributed by atoms with Crippen molar-refractivity contribution in [2.75, 3.05) is 13.1 Å². The molecule has 1 aromatic carbocycles. The van der Waals surface area contributed by atoms with Gasteiger partial charge in [0, 0.05) is 18.7 Å². The molecule has 0 saturated heterocycles. The van der Waals surface area contributed by atoms with Crippen LogP contribution in [-0.2, 0) is 0 Å². The van der Waals surface area contributed by atoms with Crippen molar-refractivity contribution < 1.29 is 18.7 Å². The molecule has 0 fully saturated rings. The molecule has 0 unspecified atom stereocenters. The van der Waals surface area contributed by atoms with E-state index in [9.17, 15) is 9.59 Å². The summed E-state index contributed by atoms with van der Waals surface area (Å²) < 4.78 is 10.5. The minimum absolute atomic E-state index is 0.0902. The molecule has 0 bridgehead atoms. The largest absolute Gasteiger partial charge is 0.491 e. The first-order valence-corrected chi connectivity index (χ1v) is 7.43. The molecule has 2 aromatic rings. The van der Waals surface area contributed by atoms with Crippen LogP contribution in [0.15, 0.2) is 47.1 Å². The van der Waals surface area contributed by atoms with E-state index in [2.05, 4.69) is 10.6 Å². The lowest BCUT2D eigenvalue weighted by atomic mass is 10.2. The predicted octanol–water partition coefficient (Wildman–Crippen LogP) is 2.23. The van der Waals surface area contributed by atoms with Crippen molar-refractivity contribution in [3.63, 3.8) is 0 Å². The van der Waals surface area contributed by atoms with Gasteiger partial charge in [0.1, 0.15) is 5.75 Å². The fourth-order valence-corrected chi connectivity index (χ4v) is 1.91. The molecule has 0 atom stereocenters. The smallest absolute Gasteiger partial charge is 0.287 e. The van der Waals surface area contributed by atoms with Gasteiger partial charge < -0.3 is 19.8 Å². The molecule has 122 valence electrons. The van der Waals surface area contributed by atoms with Crippen molar-refractivity contribution in [1.29, 1.82) is 0 Å². The summed E-state index contributed by atoms with van der Waals surface area (Å²) in [7, 11) is 0. The van der Waals surface area contributed by atoms with E-state index < -0.39 is 0 Å². The van der Waals surface area contributed by atoms with Gasteiger partial charge in [0.05, 0.1) is 12.4 Å². The summed E-state index contributed by atoms with van der Waals surface area (Å²) >= 11 is 0. The third-order valence-corrected chi connectivity index (χ3v) is 2.93. The zero-order valence-corrected chi connectivity index (χ0v) is 13.2. The lowest BCUT2D eigenvalue weighted by molar-refractivity contribution is 0.0910. The number of benzene rings is 1. The Morgan fingerprint density at radius 2 is 1.70 bits per heavy atom. The van der Waals surface area contributed by atoms with Gasteiger partial charge in [-0.15, -0.1) is 0 Å². The standard InChI is InChI=1S/C17H20N2O4/c1-12(2)23-14-7-5-13(6-8-14)16(20)18-9-10-19-17(21)15-4-3-11-22-15/h3-8,11-12H,9-10H2,1-2H3,(H,18,20)(H,19,21). The Bertz CT molecular complexity index is 633. The van der Waals surface area contributed by atoms with Gasteiger partial charge in [0.25, 0.3) is 11.8 Å². The first-order valence-electron chi connectivity index (χ1n) is 7.43. The molecule has 0 saturated carbocycles. The molecule has 2 rings (SSSR count). The average Bonchev–Trinajstić information content (AvgIpc) is 3.05. The second-order valence-corrected chi connectivity index (χ2v) is 5.18. The summed E-state index contributed by atoms with van der Waals surface area (Å²) in [5.74, 6) is 0.465. The normalized spacial score (nSPS) is 10.4. The highest BCUT2D eigenvalue weighted by Gasteiger charge is 2.08. The molecular weight excluding hydrogens is 296 g/mol. The number of carbonyl (C=O) groups is 2. The highest BCUT2D eigenvalue weighted by Crippen LogP contribution is 2.13. The van der Waals surface area contributed by atoms with E-state index >= 15 is 0 Å². The Balaban J connectivity index is 1.73. The van der Waals surface area contributed by atoms with Crippen molar-refractivity contribution in [2.45, 2.75) is 20.0 Å². The lowest BCUT2D eigenvalue weighted by Crippen LogP contribution is -2.34. The second kappa shape index (κ2) is 8.03. The maximum atomic E-state index is 12.0. The molecule has 1 aromatic heterocycles. The highest BCUT2D eigenvalue weighted by atomic mass is 16.5. The molecule has 0 aliphatic carbocycles. The molecule has 2 N–H and O–H groups in total. The van der Waals surface area contributed by atoms with Crippen molar-refractivity contribution >= 4 is 11.8 Å². The van der Waals surface area contributed by atoms with Crippen LogP contribution in [0, 0.1) is 0 Å². The van der Waals surface area contributed by atoms with Crippen LogP contribution < -0.4 is 15.4 Å².